The summed E-state index contributed by atoms with van der Waals surface area (Å²) in [6.45, 7) is 13.0. The molecule has 0 rings (SSSR count). The fraction of sp³-hybridized carbons (Fsp3) is 0.800. The SMILES string of the molecule is CC(C)[C@@H](C(=O)O)N(C(=O)OC(C)(C)C)C(=O)OC(C)(C)C. The molecule has 7 nitrogen and oxygen atoms in total. The lowest BCUT2D eigenvalue weighted by atomic mass is 10.0. The molecule has 0 heterocycles. The predicted octanol–water partition coefficient (Wildman–Crippen LogP) is 3.27. The van der Waals surface area contributed by atoms with Crippen molar-refractivity contribution in [1.82, 2.24) is 4.90 Å². The molecule has 128 valence electrons. The van der Waals surface area contributed by atoms with Gasteiger partial charge in [0.05, 0.1) is 0 Å². The molecule has 0 aliphatic heterocycles. The molecule has 0 radical (unpaired) electrons. The van der Waals surface area contributed by atoms with Crippen LogP contribution in [0.2, 0.25) is 0 Å². The van der Waals surface area contributed by atoms with Gasteiger partial charge in [-0.15, -0.1) is 0 Å². The lowest BCUT2D eigenvalue weighted by molar-refractivity contribution is -0.144. The molecular formula is C15H27NO6. The van der Waals surface area contributed by atoms with E-state index < -0.39 is 41.3 Å². The van der Waals surface area contributed by atoms with Crippen molar-refractivity contribution in [2.75, 3.05) is 0 Å². The Morgan fingerprint density at radius 1 is 0.864 bits per heavy atom. The minimum absolute atomic E-state index is 0.502. The number of imide groups is 1. The largest absolute Gasteiger partial charge is 0.480 e. The number of rotatable bonds is 3. The highest BCUT2D eigenvalue weighted by Crippen LogP contribution is 2.20. The van der Waals surface area contributed by atoms with Crippen LogP contribution in [-0.4, -0.2) is 45.4 Å². The first-order valence-electron chi connectivity index (χ1n) is 7.13. The van der Waals surface area contributed by atoms with Gasteiger partial charge in [-0.3, -0.25) is 0 Å². The molecule has 0 unspecified atom stereocenters. The third-order valence-electron chi connectivity index (χ3n) is 2.34. The fourth-order valence-electron chi connectivity index (χ4n) is 1.62. The van der Waals surface area contributed by atoms with Crippen molar-refractivity contribution in [2.45, 2.75) is 72.6 Å². The highest BCUT2D eigenvalue weighted by atomic mass is 16.6. The van der Waals surface area contributed by atoms with Crippen LogP contribution < -0.4 is 0 Å². The topological polar surface area (TPSA) is 93.1 Å². The van der Waals surface area contributed by atoms with Crippen LogP contribution in [0.4, 0.5) is 9.59 Å². The lowest BCUT2D eigenvalue weighted by Crippen LogP contribution is -2.54. The van der Waals surface area contributed by atoms with E-state index in [1.54, 1.807) is 55.4 Å². The summed E-state index contributed by atoms with van der Waals surface area (Å²) in [5.41, 5.74) is -1.73. The molecule has 0 bridgehead atoms. The second kappa shape index (κ2) is 6.98. The van der Waals surface area contributed by atoms with Crippen LogP contribution in [0.15, 0.2) is 0 Å². The fourth-order valence-corrected chi connectivity index (χ4v) is 1.62. The van der Waals surface area contributed by atoms with E-state index in [0.717, 1.165) is 0 Å². The summed E-state index contributed by atoms with van der Waals surface area (Å²) in [5.74, 6) is -1.80. The molecule has 0 aromatic carbocycles. The first-order chi connectivity index (χ1) is 9.65. The smallest absolute Gasteiger partial charge is 0.420 e. The van der Waals surface area contributed by atoms with Crippen molar-refractivity contribution in [3.8, 4) is 0 Å². The van der Waals surface area contributed by atoms with Gasteiger partial charge in [-0.2, -0.15) is 4.90 Å². The Hall–Kier alpha value is -1.79. The predicted molar refractivity (Wildman–Crippen MR) is 80.6 cm³/mol. The number of carbonyl (C=O) groups is 3. The van der Waals surface area contributed by atoms with Crippen molar-refractivity contribution in [2.24, 2.45) is 5.92 Å². The van der Waals surface area contributed by atoms with Gasteiger partial charge in [-0.1, -0.05) is 13.8 Å². The van der Waals surface area contributed by atoms with E-state index in [2.05, 4.69) is 0 Å². The number of hydrogen-bond acceptors (Lipinski definition) is 5. The maximum atomic E-state index is 12.3. The number of nitrogens with zero attached hydrogens (tertiary/aromatic N) is 1. The first-order valence-corrected chi connectivity index (χ1v) is 7.13. The van der Waals surface area contributed by atoms with Crippen LogP contribution in [0.3, 0.4) is 0 Å². The van der Waals surface area contributed by atoms with Crippen molar-refractivity contribution < 1.29 is 29.0 Å². The lowest BCUT2D eigenvalue weighted by Gasteiger charge is -2.33. The summed E-state index contributed by atoms with van der Waals surface area (Å²) in [6.07, 6.45) is -2.08. The molecule has 0 aliphatic carbocycles. The van der Waals surface area contributed by atoms with Crippen molar-refractivity contribution in [3.63, 3.8) is 0 Å². The van der Waals surface area contributed by atoms with Gasteiger partial charge in [0.15, 0.2) is 0 Å². The van der Waals surface area contributed by atoms with Crippen molar-refractivity contribution in [1.29, 1.82) is 0 Å². The molecule has 0 spiro atoms. The Bertz CT molecular complexity index is 402. The molecule has 1 atom stereocenters. The maximum Gasteiger partial charge on any atom is 0.420 e. The number of hydrogen-bond donors (Lipinski definition) is 1. The van der Waals surface area contributed by atoms with Crippen LogP contribution in [0, 0.1) is 5.92 Å². The second-order valence-electron chi connectivity index (χ2n) is 7.36. The third kappa shape index (κ3) is 6.78. The number of carboxylic acids is 1. The minimum Gasteiger partial charge on any atom is -0.480 e. The number of carbonyl (C=O) groups excluding carboxylic acids is 2. The highest BCUT2D eigenvalue weighted by Gasteiger charge is 2.41. The number of amides is 2. The van der Waals surface area contributed by atoms with E-state index in [1.165, 1.54) is 0 Å². The third-order valence-corrected chi connectivity index (χ3v) is 2.34. The molecule has 1 N–H and O–H groups in total. The van der Waals surface area contributed by atoms with Crippen LogP contribution in [-0.2, 0) is 14.3 Å². The molecule has 22 heavy (non-hydrogen) atoms. The Morgan fingerprint density at radius 3 is 1.36 bits per heavy atom. The molecule has 0 aromatic rings. The maximum absolute atomic E-state index is 12.3. The second-order valence-corrected chi connectivity index (χ2v) is 7.36. The number of aliphatic carboxylic acids is 1. The van der Waals surface area contributed by atoms with Crippen LogP contribution in [0.5, 0.6) is 0 Å². The van der Waals surface area contributed by atoms with Crippen molar-refractivity contribution in [3.05, 3.63) is 0 Å². The zero-order valence-corrected chi connectivity index (χ0v) is 14.6. The van der Waals surface area contributed by atoms with E-state index >= 15 is 0 Å². The van der Waals surface area contributed by atoms with Gasteiger partial charge in [0.25, 0.3) is 0 Å². The molecule has 0 aromatic heterocycles. The standard InChI is InChI=1S/C15H27NO6/c1-9(2)10(11(17)18)16(12(19)21-14(3,4)5)13(20)22-15(6,7)8/h9-10H,1-8H3,(H,17,18)/t10-/m0/s1. The summed E-state index contributed by atoms with van der Waals surface area (Å²) in [7, 11) is 0. The molecular weight excluding hydrogens is 290 g/mol. The van der Waals surface area contributed by atoms with E-state index in [9.17, 15) is 19.5 Å². The molecule has 0 saturated carbocycles. The number of carboxylic acid groups (broad SMARTS) is 1. The molecule has 0 aliphatic rings. The van der Waals surface area contributed by atoms with Gasteiger partial charge in [0.2, 0.25) is 0 Å². The Balaban J connectivity index is 5.61. The normalized spacial score (nSPS) is 13.5. The summed E-state index contributed by atoms with van der Waals surface area (Å²) in [4.78, 5) is 36.5. The van der Waals surface area contributed by atoms with Gasteiger partial charge in [0, 0.05) is 0 Å². The van der Waals surface area contributed by atoms with Crippen LogP contribution in [0.25, 0.3) is 0 Å². The van der Waals surface area contributed by atoms with Gasteiger partial charge in [-0.05, 0) is 47.5 Å². The van der Waals surface area contributed by atoms with Gasteiger partial charge in [-0.25, -0.2) is 14.4 Å². The molecule has 2 amide bonds. The van der Waals surface area contributed by atoms with E-state index in [4.69, 9.17) is 9.47 Å². The van der Waals surface area contributed by atoms with Crippen LogP contribution in [0.1, 0.15) is 55.4 Å². The van der Waals surface area contributed by atoms with Gasteiger partial charge >= 0.3 is 18.2 Å². The summed E-state index contributed by atoms with van der Waals surface area (Å²) in [6, 6.07) is -1.37. The zero-order valence-electron chi connectivity index (χ0n) is 14.6. The molecule has 7 heteroatoms. The summed E-state index contributed by atoms with van der Waals surface area (Å²) in [5, 5.41) is 9.35. The highest BCUT2D eigenvalue weighted by molar-refractivity contribution is 5.93. The Labute approximate surface area is 131 Å². The Kier molecular flexibility index (Phi) is 6.41. The average Bonchev–Trinajstić information content (AvgIpc) is 2.18. The van der Waals surface area contributed by atoms with E-state index in [-0.39, 0.29) is 0 Å². The van der Waals surface area contributed by atoms with Gasteiger partial charge < -0.3 is 14.6 Å². The Morgan fingerprint density at radius 2 is 1.18 bits per heavy atom. The van der Waals surface area contributed by atoms with E-state index in [1.807, 2.05) is 0 Å². The summed E-state index contributed by atoms with van der Waals surface area (Å²) >= 11 is 0. The quantitative estimate of drug-likeness (QED) is 0.858. The molecule has 0 saturated heterocycles. The van der Waals surface area contributed by atoms with Gasteiger partial charge in [0.1, 0.15) is 17.2 Å². The summed E-state index contributed by atoms with van der Waals surface area (Å²) < 4.78 is 10.3. The van der Waals surface area contributed by atoms with E-state index in [0.29, 0.717) is 4.90 Å². The minimum atomic E-state index is -1.37. The average molecular weight is 317 g/mol. The van der Waals surface area contributed by atoms with Crippen LogP contribution >= 0.6 is 0 Å². The molecule has 0 fully saturated rings. The first kappa shape index (κ1) is 20.2. The zero-order chi connectivity index (χ0) is 17.9. The monoisotopic (exact) mass is 317 g/mol. The van der Waals surface area contributed by atoms with Crippen molar-refractivity contribution >= 4 is 18.2 Å². The number of ether oxygens (including phenoxy) is 2.